The Morgan fingerprint density at radius 3 is 2.53 bits per heavy atom. The van der Waals surface area contributed by atoms with Crippen LogP contribution in [0.3, 0.4) is 0 Å². The van der Waals surface area contributed by atoms with Gasteiger partial charge in [-0.1, -0.05) is 26.8 Å². The Bertz CT molecular complexity index is 638. The molecule has 2 aromatic rings. The van der Waals surface area contributed by atoms with Gasteiger partial charge >= 0.3 is 0 Å². The summed E-state index contributed by atoms with van der Waals surface area (Å²) in [7, 11) is 1.63. The van der Waals surface area contributed by atoms with E-state index in [4.69, 9.17) is 11.6 Å². The molecule has 0 atom stereocenters. The minimum Gasteiger partial charge on any atom is -0.286 e. The van der Waals surface area contributed by atoms with Crippen LogP contribution in [0.15, 0.2) is 23.0 Å². The zero-order valence-corrected chi connectivity index (χ0v) is 11.2. The fourth-order valence-electron chi connectivity index (χ4n) is 1.71. The number of aromatic nitrogens is 2. The first kappa shape index (κ1) is 12.1. The average molecular weight is 251 g/mol. The van der Waals surface area contributed by atoms with Crippen LogP contribution in [0.4, 0.5) is 0 Å². The average Bonchev–Trinajstić information content (AvgIpc) is 2.24. The number of nitrogens with zero attached hydrogens (tertiary/aromatic N) is 2. The van der Waals surface area contributed by atoms with Crippen LogP contribution in [0.2, 0.25) is 5.28 Å². The summed E-state index contributed by atoms with van der Waals surface area (Å²) in [4.78, 5) is 16.3. The molecule has 1 aromatic heterocycles. The van der Waals surface area contributed by atoms with Crippen molar-refractivity contribution < 1.29 is 0 Å². The van der Waals surface area contributed by atoms with E-state index in [0.29, 0.717) is 10.9 Å². The number of halogens is 1. The van der Waals surface area contributed by atoms with E-state index in [2.05, 4.69) is 25.8 Å². The van der Waals surface area contributed by atoms with Gasteiger partial charge in [0.05, 0.1) is 10.9 Å². The number of hydrogen-bond acceptors (Lipinski definition) is 2. The van der Waals surface area contributed by atoms with Crippen molar-refractivity contribution in [2.45, 2.75) is 26.2 Å². The maximum Gasteiger partial charge on any atom is 0.262 e. The van der Waals surface area contributed by atoms with Crippen molar-refractivity contribution >= 4 is 22.5 Å². The minimum atomic E-state index is -0.105. The molecular formula is C13H15ClN2O. The molecule has 2 rings (SSSR count). The second-order valence-corrected chi connectivity index (χ2v) is 5.56. The summed E-state index contributed by atoms with van der Waals surface area (Å²) in [5.74, 6) is 0. The normalized spacial score (nSPS) is 12.1. The molecule has 0 amide bonds. The van der Waals surface area contributed by atoms with Crippen molar-refractivity contribution in [3.05, 3.63) is 39.4 Å². The molecule has 0 saturated heterocycles. The van der Waals surface area contributed by atoms with Gasteiger partial charge in [0.2, 0.25) is 5.28 Å². The maximum atomic E-state index is 12.1. The summed E-state index contributed by atoms with van der Waals surface area (Å²) >= 11 is 5.87. The van der Waals surface area contributed by atoms with Crippen LogP contribution in [-0.4, -0.2) is 9.55 Å². The SMILES string of the molecule is Cn1c(Cl)nc2ccc(C(C)(C)C)cc2c1=O. The molecule has 0 N–H and O–H groups in total. The first-order valence-corrected chi connectivity index (χ1v) is 5.85. The summed E-state index contributed by atoms with van der Waals surface area (Å²) in [6.45, 7) is 6.34. The van der Waals surface area contributed by atoms with Gasteiger partial charge in [0.1, 0.15) is 0 Å². The molecule has 0 bridgehead atoms. The van der Waals surface area contributed by atoms with Gasteiger partial charge in [-0.05, 0) is 34.7 Å². The Kier molecular flexibility index (Phi) is 2.74. The molecule has 0 unspecified atom stereocenters. The lowest BCUT2D eigenvalue weighted by molar-refractivity contribution is 0.591. The second kappa shape index (κ2) is 3.84. The topological polar surface area (TPSA) is 34.9 Å². The van der Waals surface area contributed by atoms with E-state index in [0.717, 1.165) is 5.56 Å². The Hall–Kier alpha value is -1.35. The van der Waals surface area contributed by atoms with Gasteiger partial charge in [0.15, 0.2) is 0 Å². The predicted octanol–water partition coefficient (Wildman–Crippen LogP) is 2.88. The zero-order chi connectivity index (χ0) is 12.8. The Morgan fingerprint density at radius 2 is 1.94 bits per heavy atom. The molecule has 90 valence electrons. The zero-order valence-electron chi connectivity index (χ0n) is 10.4. The molecule has 0 fully saturated rings. The molecular weight excluding hydrogens is 236 g/mol. The minimum absolute atomic E-state index is 0.0127. The lowest BCUT2D eigenvalue weighted by Crippen LogP contribution is -2.20. The molecule has 0 spiro atoms. The molecule has 1 aromatic carbocycles. The van der Waals surface area contributed by atoms with Gasteiger partial charge in [-0.15, -0.1) is 0 Å². The summed E-state index contributed by atoms with van der Waals surface area (Å²) < 4.78 is 1.36. The van der Waals surface area contributed by atoms with Crippen LogP contribution in [0.25, 0.3) is 10.9 Å². The summed E-state index contributed by atoms with van der Waals surface area (Å²) in [5.41, 5.74) is 1.67. The lowest BCUT2D eigenvalue weighted by Gasteiger charge is -2.19. The van der Waals surface area contributed by atoms with Crippen molar-refractivity contribution in [1.29, 1.82) is 0 Å². The van der Waals surface area contributed by atoms with Crippen LogP contribution in [0, 0.1) is 0 Å². The quantitative estimate of drug-likeness (QED) is 0.674. The van der Waals surface area contributed by atoms with E-state index >= 15 is 0 Å². The summed E-state index contributed by atoms with van der Waals surface area (Å²) in [6, 6.07) is 5.75. The fraction of sp³-hybridized carbons (Fsp3) is 0.385. The van der Waals surface area contributed by atoms with Gasteiger partial charge in [-0.25, -0.2) is 4.98 Å². The Balaban J connectivity index is 2.83. The maximum absolute atomic E-state index is 12.1. The van der Waals surface area contributed by atoms with E-state index in [1.165, 1.54) is 4.57 Å². The highest BCUT2D eigenvalue weighted by Gasteiger charge is 2.15. The van der Waals surface area contributed by atoms with Crippen molar-refractivity contribution in [1.82, 2.24) is 9.55 Å². The molecule has 0 saturated carbocycles. The number of hydrogen-bond donors (Lipinski definition) is 0. The molecule has 0 aliphatic rings. The van der Waals surface area contributed by atoms with Crippen LogP contribution in [-0.2, 0) is 12.5 Å². The fourth-order valence-corrected chi connectivity index (χ4v) is 1.88. The van der Waals surface area contributed by atoms with Crippen molar-refractivity contribution in [2.75, 3.05) is 0 Å². The van der Waals surface area contributed by atoms with Gasteiger partial charge in [0.25, 0.3) is 5.56 Å². The predicted molar refractivity (Wildman–Crippen MR) is 70.7 cm³/mol. The van der Waals surface area contributed by atoms with Gasteiger partial charge < -0.3 is 0 Å². The third-order valence-electron chi connectivity index (χ3n) is 2.89. The molecule has 17 heavy (non-hydrogen) atoms. The Labute approximate surface area is 105 Å². The third kappa shape index (κ3) is 2.07. The standard InChI is InChI=1S/C13H15ClN2O/c1-13(2,3)8-5-6-10-9(7-8)11(17)16(4)12(14)15-10/h5-7H,1-4H3. The molecule has 4 heteroatoms. The van der Waals surface area contributed by atoms with E-state index in [1.807, 2.05) is 18.2 Å². The molecule has 0 radical (unpaired) electrons. The number of benzene rings is 1. The van der Waals surface area contributed by atoms with Crippen LogP contribution in [0.1, 0.15) is 26.3 Å². The molecule has 0 aliphatic heterocycles. The molecule has 3 nitrogen and oxygen atoms in total. The van der Waals surface area contributed by atoms with E-state index in [9.17, 15) is 4.79 Å². The third-order valence-corrected chi connectivity index (χ3v) is 3.23. The monoisotopic (exact) mass is 250 g/mol. The highest BCUT2D eigenvalue weighted by Crippen LogP contribution is 2.24. The van der Waals surface area contributed by atoms with Crippen LogP contribution >= 0.6 is 11.6 Å². The number of fused-ring (bicyclic) bond motifs is 1. The van der Waals surface area contributed by atoms with E-state index in [-0.39, 0.29) is 16.3 Å². The van der Waals surface area contributed by atoms with Gasteiger partial charge in [-0.3, -0.25) is 9.36 Å². The largest absolute Gasteiger partial charge is 0.286 e. The molecule has 1 heterocycles. The van der Waals surface area contributed by atoms with Crippen molar-refractivity contribution in [3.63, 3.8) is 0 Å². The Morgan fingerprint density at radius 1 is 1.29 bits per heavy atom. The van der Waals surface area contributed by atoms with Gasteiger partial charge in [0, 0.05) is 7.05 Å². The van der Waals surface area contributed by atoms with Crippen LogP contribution < -0.4 is 5.56 Å². The van der Waals surface area contributed by atoms with Crippen LogP contribution in [0.5, 0.6) is 0 Å². The van der Waals surface area contributed by atoms with E-state index < -0.39 is 0 Å². The summed E-state index contributed by atoms with van der Waals surface area (Å²) in [6.07, 6.45) is 0. The van der Waals surface area contributed by atoms with Gasteiger partial charge in [-0.2, -0.15) is 0 Å². The second-order valence-electron chi connectivity index (χ2n) is 5.23. The van der Waals surface area contributed by atoms with Crippen molar-refractivity contribution in [2.24, 2.45) is 7.05 Å². The highest BCUT2D eigenvalue weighted by atomic mass is 35.5. The lowest BCUT2D eigenvalue weighted by atomic mass is 9.86. The first-order valence-electron chi connectivity index (χ1n) is 5.47. The van der Waals surface area contributed by atoms with E-state index in [1.54, 1.807) is 7.05 Å². The molecule has 0 aliphatic carbocycles. The smallest absolute Gasteiger partial charge is 0.262 e. The number of rotatable bonds is 0. The van der Waals surface area contributed by atoms with Crippen molar-refractivity contribution in [3.8, 4) is 0 Å². The summed E-state index contributed by atoms with van der Waals surface area (Å²) in [5, 5.41) is 0.829. The first-order chi connectivity index (χ1) is 7.80. The highest BCUT2D eigenvalue weighted by molar-refractivity contribution is 6.28.